The molecule has 0 aliphatic heterocycles. The molecule has 16 heavy (non-hydrogen) atoms. The minimum Gasteiger partial charge on any atom is -0.480 e. The van der Waals surface area contributed by atoms with E-state index in [1.165, 1.54) is 0 Å². The Kier molecular flexibility index (Phi) is 4.03. The first-order valence-corrected chi connectivity index (χ1v) is 5.27. The first-order chi connectivity index (χ1) is 7.41. The standard InChI is InChI=1S/C10H11BrN2O3/c11-5-1-2-7(12)6(3-5)9(14)4-8(13)10(15)16/h1-3,8H,4,12-13H2,(H,15,16)/t8-/m1/s1. The van der Waals surface area contributed by atoms with Crippen molar-refractivity contribution in [2.24, 2.45) is 5.73 Å². The normalized spacial score (nSPS) is 12.1. The molecule has 0 radical (unpaired) electrons. The van der Waals surface area contributed by atoms with Crippen LogP contribution in [-0.4, -0.2) is 22.9 Å². The van der Waals surface area contributed by atoms with Crippen LogP contribution in [0, 0.1) is 0 Å². The van der Waals surface area contributed by atoms with Crippen LogP contribution in [0.3, 0.4) is 0 Å². The molecule has 0 saturated heterocycles. The Morgan fingerprint density at radius 1 is 1.44 bits per heavy atom. The maximum Gasteiger partial charge on any atom is 0.320 e. The Morgan fingerprint density at radius 2 is 2.06 bits per heavy atom. The summed E-state index contributed by atoms with van der Waals surface area (Å²) in [5, 5.41) is 8.58. The molecular formula is C10H11BrN2O3. The number of carbonyl (C=O) groups is 2. The van der Waals surface area contributed by atoms with Gasteiger partial charge in [0.1, 0.15) is 6.04 Å². The lowest BCUT2D eigenvalue weighted by atomic mass is 10.0. The molecule has 6 heteroatoms. The number of aliphatic carboxylic acids is 1. The van der Waals surface area contributed by atoms with Crippen molar-refractivity contribution >= 4 is 33.4 Å². The van der Waals surface area contributed by atoms with Crippen LogP contribution >= 0.6 is 15.9 Å². The quantitative estimate of drug-likeness (QED) is 0.566. The van der Waals surface area contributed by atoms with E-state index in [4.69, 9.17) is 16.6 Å². The molecule has 0 saturated carbocycles. The molecule has 1 aromatic rings. The molecule has 1 rings (SSSR count). The van der Waals surface area contributed by atoms with Crippen molar-refractivity contribution in [3.63, 3.8) is 0 Å². The number of ketones is 1. The third-order valence-electron chi connectivity index (χ3n) is 2.04. The number of nitrogens with two attached hydrogens (primary N) is 2. The molecule has 0 aliphatic carbocycles. The molecule has 0 aromatic heterocycles. The van der Waals surface area contributed by atoms with E-state index in [0.29, 0.717) is 10.2 Å². The number of benzene rings is 1. The van der Waals surface area contributed by atoms with Crippen molar-refractivity contribution in [1.82, 2.24) is 0 Å². The zero-order valence-electron chi connectivity index (χ0n) is 8.31. The number of nitrogen functional groups attached to an aromatic ring is 1. The van der Waals surface area contributed by atoms with Crippen LogP contribution in [0.4, 0.5) is 5.69 Å². The number of halogens is 1. The van der Waals surface area contributed by atoms with Crippen LogP contribution in [0.25, 0.3) is 0 Å². The lowest BCUT2D eigenvalue weighted by Gasteiger charge is -2.08. The second kappa shape index (κ2) is 5.09. The number of carboxylic acid groups (broad SMARTS) is 1. The molecule has 0 amide bonds. The summed E-state index contributed by atoms with van der Waals surface area (Å²) in [6.07, 6.45) is -0.268. The summed E-state index contributed by atoms with van der Waals surface area (Å²) in [6, 6.07) is 3.62. The van der Waals surface area contributed by atoms with Gasteiger partial charge in [-0.25, -0.2) is 0 Å². The predicted molar refractivity (Wildman–Crippen MR) is 63.1 cm³/mol. The fourth-order valence-corrected chi connectivity index (χ4v) is 1.53. The minimum absolute atomic E-state index is 0.268. The van der Waals surface area contributed by atoms with Gasteiger partial charge in [-0.2, -0.15) is 0 Å². The van der Waals surface area contributed by atoms with Crippen LogP contribution in [0.15, 0.2) is 22.7 Å². The smallest absolute Gasteiger partial charge is 0.320 e. The highest BCUT2D eigenvalue weighted by Crippen LogP contribution is 2.20. The molecule has 0 spiro atoms. The third-order valence-corrected chi connectivity index (χ3v) is 2.53. The highest BCUT2D eigenvalue weighted by molar-refractivity contribution is 9.10. The number of rotatable bonds is 4. The lowest BCUT2D eigenvalue weighted by molar-refractivity contribution is -0.138. The Morgan fingerprint density at radius 3 is 2.62 bits per heavy atom. The summed E-state index contributed by atoms with van der Waals surface area (Å²) in [7, 11) is 0. The fourth-order valence-electron chi connectivity index (χ4n) is 1.17. The van der Waals surface area contributed by atoms with Crippen LogP contribution in [-0.2, 0) is 4.79 Å². The number of carboxylic acids is 1. The van der Waals surface area contributed by atoms with E-state index in [9.17, 15) is 9.59 Å². The molecular weight excluding hydrogens is 276 g/mol. The monoisotopic (exact) mass is 286 g/mol. The molecule has 0 heterocycles. The van der Waals surface area contributed by atoms with Gasteiger partial charge in [0, 0.05) is 22.1 Å². The summed E-state index contributed by atoms with van der Waals surface area (Å²) in [4.78, 5) is 22.2. The summed E-state index contributed by atoms with van der Waals surface area (Å²) in [5.74, 6) is -1.59. The van der Waals surface area contributed by atoms with Gasteiger partial charge in [0.15, 0.2) is 5.78 Å². The highest BCUT2D eigenvalue weighted by Gasteiger charge is 2.19. The summed E-state index contributed by atoms with van der Waals surface area (Å²) in [6.45, 7) is 0. The molecule has 0 unspecified atom stereocenters. The highest BCUT2D eigenvalue weighted by atomic mass is 79.9. The SMILES string of the molecule is Nc1ccc(Br)cc1C(=O)C[C@@H](N)C(=O)O. The van der Waals surface area contributed by atoms with Gasteiger partial charge in [0.05, 0.1) is 0 Å². The Balaban J connectivity index is 2.88. The van der Waals surface area contributed by atoms with Crippen molar-refractivity contribution in [2.75, 3.05) is 5.73 Å². The Labute approximate surface area is 101 Å². The van der Waals surface area contributed by atoms with Crippen LogP contribution in [0.2, 0.25) is 0 Å². The van der Waals surface area contributed by atoms with Crippen LogP contribution in [0.5, 0.6) is 0 Å². The van der Waals surface area contributed by atoms with Crippen LogP contribution in [0.1, 0.15) is 16.8 Å². The van der Waals surface area contributed by atoms with Crippen molar-refractivity contribution in [1.29, 1.82) is 0 Å². The number of hydrogen-bond acceptors (Lipinski definition) is 4. The maximum atomic E-state index is 11.7. The summed E-state index contributed by atoms with van der Waals surface area (Å²) >= 11 is 3.20. The molecule has 0 fully saturated rings. The summed E-state index contributed by atoms with van der Waals surface area (Å²) < 4.78 is 0.703. The van der Waals surface area contributed by atoms with E-state index >= 15 is 0 Å². The minimum atomic E-state index is -1.21. The molecule has 5 nitrogen and oxygen atoms in total. The van der Waals surface area contributed by atoms with Crippen molar-refractivity contribution in [3.05, 3.63) is 28.2 Å². The second-order valence-electron chi connectivity index (χ2n) is 3.30. The first kappa shape index (κ1) is 12.7. The third kappa shape index (κ3) is 3.04. The molecule has 0 aliphatic rings. The number of hydrogen-bond donors (Lipinski definition) is 3. The zero-order valence-corrected chi connectivity index (χ0v) is 9.90. The van der Waals surface area contributed by atoms with E-state index in [-0.39, 0.29) is 17.8 Å². The van der Waals surface area contributed by atoms with E-state index < -0.39 is 12.0 Å². The van der Waals surface area contributed by atoms with Gasteiger partial charge in [0.25, 0.3) is 0 Å². The number of carbonyl (C=O) groups excluding carboxylic acids is 1. The fraction of sp³-hybridized carbons (Fsp3) is 0.200. The molecule has 1 atom stereocenters. The number of Topliss-reactive ketones (excluding diaryl/α,β-unsaturated/α-hetero) is 1. The van der Waals surface area contributed by atoms with E-state index in [1.54, 1.807) is 18.2 Å². The van der Waals surface area contributed by atoms with E-state index in [0.717, 1.165) is 0 Å². The molecule has 0 bridgehead atoms. The second-order valence-corrected chi connectivity index (χ2v) is 4.22. The van der Waals surface area contributed by atoms with Crippen LogP contribution < -0.4 is 11.5 Å². The lowest BCUT2D eigenvalue weighted by Crippen LogP contribution is -2.32. The summed E-state index contributed by atoms with van der Waals surface area (Å²) in [5.41, 5.74) is 11.5. The Hall–Kier alpha value is -1.40. The van der Waals surface area contributed by atoms with Gasteiger partial charge in [-0.1, -0.05) is 15.9 Å². The van der Waals surface area contributed by atoms with E-state index in [2.05, 4.69) is 15.9 Å². The molecule has 5 N–H and O–H groups in total. The molecule has 1 aromatic carbocycles. The van der Waals surface area contributed by atoms with Gasteiger partial charge in [0.2, 0.25) is 0 Å². The zero-order chi connectivity index (χ0) is 12.3. The largest absolute Gasteiger partial charge is 0.480 e. The van der Waals surface area contributed by atoms with Gasteiger partial charge in [-0.3, -0.25) is 9.59 Å². The average Bonchev–Trinajstić information content (AvgIpc) is 2.21. The maximum absolute atomic E-state index is 11.7. The van der Waals surface area contributed by atoms with Gasteiger partial charge >= 0.3 is 5.97 Å². The van der Waals surface area contributed by atoms with Gasteiger partial charge in [-0.05, 0) is 18.2 Å². The topological polar surface area (TPSA) is 106 Å². The van der Waals surface area contributed by atoms with Crippen molar-refractivity contribution in [3.8, 4) is 0 Å². The Bertz CT molecular complexity index is 434. The number of anilines is 1. The van der Waals surface area contributed by atoms with E-state index in [1.807, 2.05) is 0 Å². The first-order valence-electron chi connectivity index (χ1n) is 4.48. The van der Waals surface area contributed by atoms with Crippen molar-refractivity contribution < 1.29 is 14.7 Å². The predicted octanol–water partition coefficient (Wildman–Crippen LogP) is 1.02. The van der Waals surface area contributed by atoms with Gasteiger partial charge in [-0.15, -0.1) is 0 Å². The van der Waals surface area contributed by atoms with Crippen molar-refractivity contribution in [2.45, 2.75) is 12.5 Å². The average molecular weight is 287 g/mol. The molecule has 86 valence electrons. The van der Waals surface area contributed by atoms with Gasteiger partial charge < -0.3 is 16.6 Å².